The molecule has 0 bridgehead atoms. The van der Waals surface area contributed by atoms with Crippen molar-refractivity contribution in [1.82, 2.24) is 10.1 Å². The molecular formula is C17H12FN3O4S. The zero-order chi connectivity index (χ0) is 17.9. The Morgan fingerprint density at radius 3 is 3.08 bits per heavy atom. The molecule has 1 aliphatic heterocycles. The maximum atomic E-state index is 13.3. The van der Waals surface area contributed by atoms with E-state index in [9.17, 15) is 9.18 Å². The van der Waals surface area contributed by atoms with E-state index in [1.54, 1.807) is 12.1 Å². The van der Waals surface area contributed by atoms with Crippen LogP contribution in [0, 0.1) is 5.82 Å². The summed E-state index contributed by atoms with van der Waals surface area (Å²) < 4.78 is 23.5. The zero-order valence-corrected chi connectivity index (χ0v) is 14.1. The third-order valence-corrected chi connectivity index (χ3v) is 4.36. The highest BCUT2D eigenvalue weighted by atomic mass is 32.1. The van der Waals surface area contributed by atoms with Gasteiger partial charge in [-0.2, -0.15) is 16.3 Å². The van der Waals surface area contributed by atoms with E-state index in [1.807, 2.05) is 16.8 Å². The normalized spacial score (nSPS) is 16.2. The van der Waals surface area contributed by atoms with E-state index in [4.69, 9.17) is 14.1 Å². The molecule has 0 saturated carbocycles. The molecule has 3 aromatic rings. The number of benzene rings is 1. The molecule has 0 fully saturated rings. The standard InChI is InChI=1S/C17H12FN3O4S/c18-12-3-1-2-10(6-12)13-7-14(24-20-13)17(22)23-8-15-19-16(21-25-15)11-4-5-26-9-11/h1-6,9,14H,7-8H2. The highest BCUT2D eigenvalue weighted by Crippen LogP contribution is 2.20. The Morgan fingerprint density at radius 1 is 1.35 bits per heavy atom. The molecule has 4 rings (SSSR count). The lowest BCUT2D eigenvalue weighted by Crippen LogP contribution is -2.23. The van der Waals surface area contributed by atoms with Gasteiger partial charge in [-0.3, -0.25) is 0 Å². The number of nitrogens with zero attached hydrogens (tertiary/aromatic N) is 3. The summed E-state index contributed by atoms with van der Waals surface area (Å²) in [7, 11) is 0. The molecular weight excluding hydrogens is 361 g/mol. The van der Waals surface area contributed by atoms with Gasteiger partial charge in [0.05, 0.1) is 5.71 Å². The SMILES string of the molecule is O=C(OCc1nc(-c2ccsc2)no1)C1CC(c2cccc(F)c2)=NO1. The first kappa shape index (κ1) is 16.4. The van der Waals surface area contributed by atoms with Gasteiger partial charge in [-0.1, -0.05) is 22.4 Å². The van der Waals surface area contributed by atoms with E-state index in [2.05, 4.69) is 15.3 Å². The van der Waals surface area contributed by atoms with Gasteiger partial charge >= 0.3 is 5.97 Å². The third-order valence-electron chi connectivity index (χ3n) is 3.67. The van der Waals surface area contributed by atoms with Crippen LogP contribution in [0.4, 0.5) is 4.39 Å². The van der Waals surface area contributed by atoms with Crippen molar-refractivity contribution >= 4 is 23.0 Å². The second kappa shape index (κ2) is 7.04. The Balaban J connectivity index is 1.32. The molecule has 132 valence electrons. The molecule has 26 heavy (non-hydrogen) atoms. The van der Waals surface area contributed by atoms with Gasteiger partial charge in [0.15, 0.2) is 6.61 Å². The Hall–Kier alpha value is -3.07. The molecule has 1 unspecified atom stereocenters. The second-order valence-electron chi connectivity index (χ2n) is 5.48. The van der Waals surface area contributed by atoms with Crippen LogP contribution >= 0.6 is 11.3 Å². The van der Waals surface area contributed by atoms with Crippen molar-refractivity contribution in [3.63, 3.8) is 0 Å². The first-order chi connectivity index (χ1) is 12.7. The summed E-state index contributed by atoms with van der Waals surface area (Å²) >= 11 is 1.52. The number of ether oxygens (including phenoxy) is 1. The summed E-state index contributed by atoms with van der Waals surface area (Å²) in [5.41, 5.74) is 1.89. The van der Waals surface area contributed by atoms with Gasteiger partial charge in [0.1, 0.15) is 5.82 Å². The predicted molar refractivity (Wildman–Crippen MR) is 89.8 cm³/mol. The number of thiophene rings is 1. The molecule has 2 aromatic heterocycles. The lowest BCUT2D eigenvalue weighted by molar-refractivity contribution is -0.157. The van der Waals surface area contributed by atoms with E-state index in [1.165, 1.54) is 23.5 Å². The van der Waals surface area contributed by atoms with Crippen LogP contribution in [-0.4, -0.2) is 27.9 Å². The van der Waals surface area contributed by atoms with Crippen LogP contribution in [0.15, 0.2) is 50.8 Å². The fraction of sp³-hybridized carbons (Fsp3) is 0.176. The maximum absolute atomic E-state index is 13.3. The number of carbonyl (C=O) groups is 1. The van der Waals surface area contributed by atoms with Gasteiger partial charge in [-0.15, -0.1) is 0 Å². The lowest BCUT2D eigenvalue weighted by atomic mass is 10.1. The summed E-state index contributed by atoms with van der Waals surface area (Å²) in [5.74, 6) is -0.362. The molecule has 7 nitrogen and oxygen atoms in total. The van der Waals surface area contributed by atoms with Crippen LogP contribution in [-0.2, 0) is 21.0 Å². The largest absolute Gasteiger partial charge is 0.453 e. The fourth-order valence-corrected chi connectivity index (χ4v) is 3.02. The maximum Gasteiger partial charge on any atom is 0.351 e. The highest BCUT2D eigenvalue weighted by Gasteiger charge is 2.30. The second-order valence-corrected chi connectivity index (χ2v) is 6.26. The minimum Gasteiger partial charge on any atom is -0.453 e. The number of esters is 1. The van der Waals surface area contributed by atoms with Crippen molar-refractivity contribution in [2.24, 2.45) is 5.16 Å². The summed E-state index contributed by atoms with van der Waals surface area (Å²) in [6.45, 7) is -0.162. The molecule has 9 heteroatoms. The molecule has 1 aliphatic rings. The number of hydrogen-bond acceptors (Lipinski definition) is 8. The average Bonchev–Trinajstić information content (AvgIpc) is 3.40. The Labute approximate surface area is 151 Å². The topological polar surface area (TPSA) is 86.8 Å². The average molecular weight is 373 g/mol. The molecule has 0 spiro atoms. The molecule has 0 radical (unpaired) electrons. The molecule has 0 amide bonds. The van der Waals surface area contributed by atoms with Gasteiger partial charge < -0.3 is 14.1 Å². The lowest BCUT2D eigenvalue weighted by Gasteiger charge is -2.06. The van der Waals surface area contributed by atoms with Crippen molar-refractivity contribution in [2.45, 2.75) is 19.1 Å². The number of rotatable bonds is 5. The molecule has 1 aromatic carbocycles. The van der Waals surface area contributed by atoms with Crippen molar-refractivity contribution < 1.29 is 23.3 Å². The minimum atomic E-state index is -0.882. The van der Waals surface area contributed by atoms with Gasteiger partial charge in [0, 0.05) is 22.9 Å². The van der Waals surface area contributed by atoms with Crippen LogP contribution in [0.2, 0.25) is 0 Å². The summed E-state index contributed by atoms with van der Waals surface area (Å²) in [6, 6.07) is 7.80. The number of hydrogen-bond donors (Lipinski definition) is 0. The van der Waals surface area contributed by atoms with Crippen LogP contribution in [0.5, 0.6) is 0 Å². The van der Waals surface area contributed by atoms with E-state index >= 15 is 0 Å². The Morgan fingerprint density at radius 2 is 2.27 bits per heavy atom. The van der Waals surface area contributed by atoms with E-state index in [-0.39, 0.29) is 24.7 Å². The number of carbonyl (C=O) groups excluding carboxylic acids is 1. The highest BCUT2D eigenvalue weighted by molar-refractivity contribution is 7.08. The summed E-state index contributed by atoms with van der Waals surface area (Å²) in [5, 5.41) is 11.5. The summed E-state index contributed by atoms with van der Waals surface area (Å²) in [4.78, 5) is 21.4. The van der Waals surface area contributed by atoms with Crippen molar-refractivity contribution in [3.8, 4) is 11.4 Å². The molecule has 0 aliphatic carbocycles. The van der Waals surface area contributed by atoms with Gasteiger partial charge in [-0.25, -0.2) is 9.18 Å². The quantitative estimate of drug-likeness (QED) is 0.639. The van der Waals surface area contributed by atoms with Gasteiger partial charge in [0.2, 0.25) is 11.9 Å². The van der Waals surface area contributed by atoms with Crippen molar-refractivity contribution in [2.75, 3.05) is 0 Å². The van der Waals surface area contributed by atoms with Gasteiger partial charge in [0.25, 0.3) is 5.89 Å². The molecule has 1 atom stereocenters. The van der Waals surface area contributed by atoms with Crippen LogP contribution < -0.4 is 0 Å². The molecule has 3 heterocycles. The first-order valence-corrected chi connectivity index (χ1v) is 8.64. The van der Waals surface area contributed by atoms with Crippen LogP contribution in [0.3, 0.4) is 0 Å². The first-order valence-electron chi connectivity index (χ1n) is 7.69. The van der Waals surface area contributed by atoms with Crippen LogP contribution in [0.1, 0.15) is 17.9 Å². The van der Waals surface area contributed by atoms with Crippen molar-refractivity contribution in [3.05, 3.63) is 58.4 Å². The monoisotopic (exact) mass is 373 g/mol. The minimum absolute atomic E-state index is 0.162. The van der Waals surface area contributed by atoms with E-state index < -0.39 is 12.1 Å². The molecule has 0 N–H and O–H groups in total. The van der Waals surface area contributed by atoms with Crippen molar-refractivity contribution in [1.29, 1.82) is 0 Å². The predicted octanol–water partition coefficient (Wildman–Crippen LogP) is 3.17. The Bertz CT molecular complexity index is 955. The zero-order valence-electron chi connectivity index (χ0n) is 13.3. The van der Waals surface area contributed by atoms with E-state index in [0.29, 0.717) is 17.1 Å². The van der Waals surface area contributed by atoms with E-state index in [0.717, 1.165) is 5.56 Å². The third kappa shape index (κ3) is 3.47. The van der Waals surface area contributed by atoms with Gasteiger partial charge in [-0.05, 0) is 23.6 Å². The fourth-order valence-electron chi connectivity index (χ4n) is 2.39. The summed E-state index contributed by atoms with van der Waals surface area (Å²) in [6.07, 6.45) is -0.681. The number of oxime groups is 1. The smallest absolute Gasteiger partial charge is 0.351 e. The van der Waals surface area contributed by atoms with Crippen LogP contribution in [0.25, 0.3) is 11.4 Å². The number of halogens is 1. The molecule has 0 saturated heterocycles. The number of aromatic nitrogens is 2. The Kier molecular flexibility index (Phi) is 4.44.